The molecule has 1 saturated heterocycles. The number of rotatable bonds is 6. The molecule has 0 aliphatic carbocycles. The first-order chi connectivity index (χ1) is 14.7. The second-order valence-electron chi connectivity index (χ2n) is 7.21. The lowest BCUT2D eigenvalue weighted by Crippen LogP contribution is -2.48. The summed E-state index contributed by atoms with van der Waals surface area (Å²) in [5.74, 6) is 0.0236. The number of nitrogens with two attached hydrogens (primary N) is 1. The predicted octanol–water partition coefficient (Wildman–Crippen LogP) is 3.50. The fourth-order valence-electron chi connectivity index (χ4n) is 3.45. The third-order valence-corrected chi connectivity index (χ3v) is 5.52. The van der Waals surface area contributed by atoms with Crippen LogP contribution in [0.3, 0.4) is 0 Å². The molecule has 1 heterocycles. The van der Waals surface area contributed by atoms with Gasteiger partial charge < -0.3 is 20.7 Å². The van der Waals surface area contributed by atoms with Crippen molar-refractivity contribution in [1.29, 1.82) is 0 Å². The van der Waals surface area contributed by atoms with E-state index in [1.807, 2.05) is 4.90 Å². The SMILES string of the molecule is COc1cc(N)c(Cl)cc1C(=O)NCCN1CCN(c2cccc(C(F)(F)F)c2)CC1. The molecule has 31 heavy (non-hydrogen) atoms. The summed E-state index contributed by atoms with van der Waals surface area (Å²) in [5, 5.41) is 3.11. The Morgan fingerprint density at radius 3 is 2.55 bits per heavy atom. The van der Waals surface area contributed by atoms with Crippen molar-refractivity contribution in [3.63, 3.8) is 0 Å². The number of amides is 1. The number of hydrogen-bond acceptors (Lipinski definition) is 5. The molecule has 6 nitrogen and oxygen atoms in total. The van der Waals surface area contributed by atoms with Gasteiger partial charge in [-0.1, -0.05) is 17.7 Å². The van der Waals surface area contributed by atoms with Crippen LogP contribution < -0.4 is 20.7 Å². The summed E-state index contributed by atoms with van der Waals surface area (Å²) >= 11 is 6.01. The Labute approximate surface area is 183 Å². The summed E-state index contributed by atoms with van der Waals surface area (Å²) in [6.07, 6.45) is -4.35. The molecular formula is C21H24ClF3N4O2. The normalized spacial score (nSPS) is 15.1. The zero-order valence-corrected chi connectivity index (χ0v) is 17.8. The Kier molecular flexibility index (Phi) is 7.17. The minimum atomic E-state index is -4.35. The van der Waals surface area contributed by atoms with Crippen LogP contribution in [-0.4, -0.2) is 57.2 Å². The highest BCUT2D eigenvalue weighted by molar-refractivity contribution is 6.33. The second-order valence-corrected chi connectivity index (χ2v) is 7.61. The third-order valence-electron chi connectivity index (χ3n) is 5.19. The molecule has 3 rings (SSSR count). The van der Waals surface area contributed by atoms with Crippen molar-refractivity contribution in [3.8, 4) is 5.75 Å². The van der Waals surface area contributed by atoms with Crippen LogP contribution in [0, 0.1) is 0 Å². The molecule has 2 aromatic rings. The average molecular weight is 457 g/mol. The molecule has 1 amide bonds. The number of carbonyl (C=O) groups excluding carboxylic acids is 1. The molecule has 1 aliphatic rings. The van der Waals surface area contributed by atoms with E-state index in [0.717, 1.165) is 6.07 Å². The van der Waals surface area contributed by atoms with E-state index in [-0.39, 0.29) is 10.9 Å². The van der Waals surface area contributed by atoms with E-state index in [1.165, 1.54) is 31.4 Å². The van der Waals surface area contributed by atoms with Crippen molar-refractivity contribution in [1.82, 2.24) is 10.2 Å². The molecular weight excluding hydrogens is 433 g/mol. The number of alkyl halides is 3. The maximum absolute atomic E-state index is 12.9. The fourth-order valence-corrected chi connectivity index (χ4v) is 3.61. The standard InChI is InChI=1S/C21H24ClF3N4O2/c1-31-19-13-18(26)17(22)12-16(19)20(30)27-5-6-28-7-9-29(10-8-28)15-4-2-3-14(11-15)21(23,24)25/h2-4,11-13H,5-10,26H2,1H3,(H,27,30). The summed E-state index contributed by atoms with van der Waals surface area (Å²) in [6, 6.07) is 8.35. The zero-order valence-electron chi connectivity index (χ0n) is 17.0. The van der Waals surface area contributed by atoms with Gasteiger partial charge in [0.1, 0.15) is 5.75 Å². The topological polar surface area (TPSA) is 70.8 Å². The largest absolute Gasteiger partial charge is 0.496 e. The number of benzene rings is 2. The molecule has 1 aliphatic heterocycles. The van der Waals surface area contributed by atoms with Crippen molar-refractivity contribution < 1.29 is 22.7 Å². The van der Waals surface area contributed by atoms with Gasteiger partial charge in [0.05, 0.1) is 28.9 Å². The highest BCUT2D eigenvalue weighted by Crippen LogP contribution is 2.32. The number of nitrogens with zero attached hydrogens (tertiary/aromatic N) is 2. The number of methoxy groups -OCH3 is 1. The molecule has 0 spiro atoms. The molecule has 0 radical (unpaired) electrons. The molecule has 2 aromatic carbocycles. The van der Waals surface area contributed by atoms with Crippen LogP contribution in [0.15, 0.2) is 36.4 Å². The molecule has 0 unspecified atom stereocenters. The van der Waals surface area contributed by atoms with E-state index < -0.39 is 11.7 Å². The van der Waals surface area contributed by atoms with E-state index in [0.29, 0.717) is 62.0 Å². The number of hydrogen-bond donors (Lipinski definition) is 2. The number of carbonyl (C=O) groups is 1. The van der Waals surface area contributed by atoms with Crippen LogP contribution in [0.4, 0.5) is 24.5 Å². The molecule has 10 heteroatoms. The van der Waals surface area contributed by atoms with Crippen LogP contribution in [-0.2, 0) is 6.18 Å². The van der Waals surface area contributed by atoms with Gasteiger partial charge in [0.2, 0.25) is 0 Å². The molecule has 168 valence electrons. The second kappa shape index (κ2) is 9.65. The monoisotopic (exact) mass is 456 g/mol. The lowest BCUT2D eigenvalue weighted by Gasteiger charge is -2.36. The van der Waals surface area contributed by atoms with Gasteiger partial charge in [-0.3, -0.25) is 9.69 Å². The van der Waals surface area contributed by atoms with E-state index in [4.69, 9.17) is 22.1 Å². The third kappa shape index (κ3) is 5.74. The van der Waals surface area contributed by atoms with E-state index in [9.17, 15) is 18.0 Å². The zero-order chi connectivity index (χ0) is 22.6. The Hall–Kier alpha value is -2.65. The minimum Gasteiger partial charge on any atom is -0.496 e. The highest BCUT2D eigenvalue weighted by atomic mass is 35.5. The van der Waals surface area contributed by atoms with Crippen LogP contribution in [0.5, 0.6) is 5.75 Å². The molecule has 3 N–H and O–H groups in total. The summed E-state index contributed by atoms with van der Waals surface area (Å²) in [6.45, 7) is 3.61. The smallest absolute Gasteiger partial charge is 0.416 e. The van der Waals surface area contributed by atoms with Crippen molar-refractivity contribution >= 4 is 28.9 Å². The first-order valence-corrected chi connectivity index (χ1v) is 10.1. The van der Waals surface area contributed by atoms with Crippen molar-refractivity contribution in [2.75, 3.05) is 57.0 Å². The van der Waals surface area contributed by atoms with Crippen LogP contribution in [0.2, 0.25) is 5.02 Å². The van der Waals surface area contributed by atoms with Crippen LogP contribution in [0.25, 0.3) is 0 Å². The molecule has 1 fully saturated rings. The summed E-state index contributed by atoms with van der Waals surface area (Å²) < 4.78 is 44.0. The Morgan fingerprint density at radius 1 is 1.19 bits per heavy atom. The van der Waals surface area contributed by atoms with Gasteiger partial charge in [0.25, 0.3) is 5.91 Å². The van der Waals surface area contributed by atoms with Gasteiger partial charge in [-0.2, -0.15) is 13.2 Å². The van der Waals surface area contributed by atoms with Crippen molar-refractivity contribution in [2.45, 2.75) is 6.18 Å². The first-order valence-electron chi connectivity index (χ1n) is 9.75. The van der Waals surface area contributed by atoms with Gasteiger partial charge in [0.15, 0.2) is 0 Å². The van der Waals surface area contributed by atoms with Crippen molar-refractivity contribution in [3.05, 3.63) is 52.5 Å². The van der Waals surface area contributed by atoms with Crippen LogP contribution >= 0.6 is 11.6 Å². The quantitative estimate of drug-likeness (QED) is 0.651. The Morgan fingerprint density at radius 2 is 1.90 bits per heavy atom. The van der Waals surface area contributed by atoms with Gasteiger partial charge in [-0.15, -0.1) is 0 Å². The Bertz CT molecular complexity index is 931. The van der Waals surface area contributed by atoms with Gasteiger partial charge >= 0.3 is 6.18 Å². The number of ether oxygens (including phenoxy) is 1. The number of nitrogen functional groups attached to an aromatic ring is 1. The fraction of sp³-hybridized carbons (Fsp3) is 0.381. The summed E-state index contributed by atoms with van der Waals surface area (Å²) in [7, 11) is 1.45. The van der Waals surface area contributed by atoms with Gasteiger partial charge in [-0.05, 0) is 24.3 Å². The average Bonchev–Trinajstić information content (AvgIpc) is 2.75. The summed E-state index contributed by atoms with van der Waals surface area (Å²) in [4.78, 5) is 16.6. The number of halogens is 4. The predicted molar refractivity (Wildman–Crippen MR) is 115 cm³/mol. The number of nitrogens with one attached hydrogen (secondary N) is 1. The lowest BCUT2D eigenvalue weighted by molar-refractivity contribution is -0.137. The first kappa shape index (κ1) is 23.0. The molecule has 0 atom stereocenters. The van der Waals surface area contributed by atoms with E-state index in [1.54, 1.807) is 6.07 Å². The number of anilines is 2. The van der Waals surface area contributed by atoms with E-state index >= 15 is 0 Å². The van der Waals surface area contributed by atoms with Crippen LogP contribution in [0.1, 0.15) is 15.9 Å². The number of piperazine rings is 1. The van der Waals surface area contributed by atoms with Crippen molar-refractivity contribution in [2.24, 2.45) is 0 Å². The maximum Gasteiger partial charge on any atom is 0.416 e. The minimum absolute atomic E-state index is 0.275. The summed E-state index contributed by atoms with van der Waals surface area (Å²) in [5.41, 5.74) is 6.28. The Balaban J connectivity index is 1.49. The van der Waals surface area contributed by atoms with Gasteiger partial charge in [0, 0.05) is 51.0 Å². The molecule has 0 bridgehead atoms. The van der Waals surface area contributed by atoms with E-state index in [2.05, 4.69) is 10.2 Å². The molecule has 0 saturated carbocycles. The molecule has 0 aromatic heterocycles. The lowest BCUT2D eigenvalue weighted by atomic mass is 10.1. The maximum atomic E-state index is 12.9. The highest BCUT2D eigenvalue weighted by Gasteiger charge is 2.31. The van der Waals surface area contributed by atoms with Gasteiger partial charge in [-0.25, -0.2) is 0 Å².